The summed E-state index contributed by atoms with van der Waals surface area (Å²) in [6, 6.07) is 7.04. The van der Waals surface area contributed by atoms with Crippen molar-refractivity contribution in [2.45, 2.75) is 39.7 Å². The maximum Gasteiger partial charge on any atom is 0.321 e. The molecular formula is C18H28N4O3. The summed E-state index contributed by atoms with van der Waals surface area (Å²) >= 11 is 0. The molecule has 3 N–H and O–H groups in total. The fourth-order valence-electron chi connectivity index (χ4n) is 2.22. The van der Waals surface area contributed by atoms with E-state index >= 15 is 0 Å². The minimum Gasteiger partial charge on any atom is -0.333 e. The van der Waals surface area contributed by atoms with Crippen LogP contribution in [-0.4, -0.2) is 48.4 Å². The zero-order chi connectivity index (χ0) is 19.0. The Morgan fingerprint density at radius 1 is 1.04 bits per heavy atom. The molecule has 0 unspecified atom stereocenters. The van der Waals surface area contributed by atoms with Crippen molar-refractivity contribution in [3.8, 4) is 0 Å². The molecule has 138 valence electrons. The molecular weight excluding hydrogens is 320 g/mol. The molecule has 0 aliphatic heterocycles. The van der Waals surface area contributed by atoms with E-state index in [1.165, 1.54) is 0 Å². The predicted molar refractivity (Wildman–Crippen MR) is 98.4 cm³/mol. The number of imide groups is 1. The van der Waals surface area contributed by atoms with E-state index in [1.54, 1.807) is 11.9 Å². The Labute approximate surface area is 149 Å². The van der Waals surface area contributed by atoms with E-state index < -0.39 is 17.5 Å². The molecule has 0 heterocycles. The molecule has 0 aromatic heterocycles. The highest BCUT2D eigenvalue weighted by Gasteiger charge is 2.17. The van der Waals surface area contributed by atoms with Gasteiger partial charge in [0.2, 0.25) is 11.8 Å². The quantitative estimate of drug-likeness (QED) is 0.730. The molecule has 0 saturated carbocycles. The van der Waals surface area contributed by atoms with Crippen molar-refractivity contribution < 1.29 is 14.4 Å². The van der Waals surface area contributed by atoms with Gasteiger partial charge in [-0.05, 0) is 45.9 Å². The second-order valence-electron chi connectivity index (χ2n) is 6.98. The van der Waals surface area contributed by atoms with Crippen LogP contribution in [0.4, 0.5) is 10.5 Å². The highest BCUT2D eigenvalue weighted by molar-refractivity contribution is 5.96. The van der Waals surface area contributed by atoms with Gasteiger partial charge in [-0.3, -0.25) is 19.8 Å². The fourth-order valence-corrected chi connectivity index (χ4v) is 2.22. The molecule has 0 aliphatic rings. The molecule has 4 amide bonds. The zero-order valence-electron chi connectivity index (χ0n) is 15.6. The van der Waals surface area contributed by atoms with Crippen molar-refractivity contribution in [2.75, 3.05) is 25.5 Å². The Kier molecular flexibility index (Phi) is 7.57. The predicted octanol–water partition coefficient (Wildman–Crippen LogP) is 1.74. The van der Waals surface area contributed by atoms with Crippen LogP contribution in [0.3, 0.4) is 0 Å². The Morgan fingerprint density at radius 2 is 1.64 bits per heavy atom. The Bertz CT molecular complexity index is 623. The van der Waals surface area contributed by atoms with E-state index in [9.17, 15) is 14.4 Å². The third-order valence-corrected chi connectivity index (χ3v) is 3.24. The summed E-state index contributed by atoms with van der Waals surface area (Å²) in [6.45, 7) is 7.47. The lowest BCUT2D eigenvalue weighted by atomic mass is 10.1. The van der Waals surface area contributed by atoms with Gasteiger partial charge in [0.05, 0.1) is 13.1 Å². The van der Waals surface area contributed by atoms with E-state index in [0.717, 1.165) is 17.7 Å². The number of anilines is 1. The number of nitrogens with one attached hydrogen (secondary N) is 3. The topological polar surface area (TPSA) is 90.5 Å². The maximum absolute atomic E-state index is 12.1. The molecule has 0 saturated heterocycles. The molecule has 0 aliphatic carbocycles. The van der Waals surface area contributed by atoms with Crippen LogP contribution in [-0.2, 0) is 16.0 Å². The molecule has 1 rings (SSSR count). The average Bonchev–Trinajstić information content (AvgIpc) is 2.44. The van der Waals surface area contributed by atoms with Crippen LogP contribution in [0.2, 0.25) is 0 Å². The second-order valence-corrected chi connectivity index (χ2v) is 6.98. The fraction of sp³-hybridized carbons (Fsp3) is 0.500. The van der Waals surface area contributed by atoms with Crippen LogP contribution in [0.1, 0.15) is 33.3 Å². The van der Waals surface area contributed by atoms with Gasteiger partial charge in [-0.2, -0.15) is 0 Å². The summed E-state index contributed by atoms with van der Waals surface area (Å²) in [4.78, 5) is 37.2. The van der Waals surface area contributed by atoms with Crippen LogP contribution >= 0.6 is 0 Å². The van der Waals surface area contributed by atoms with Crippen LogP contribution in [0, 0.1) is 0 Å². The standard InChI is InChI=1S/C18H28N4O3/c1-6-13-9-7-8-10-14(13)19-15(23)11-22(5)12-16(24)20-17(25)21-18(2,3)4/h7-10H,6,11-12H2,1-5H3,(H,19,23)(H2,20,21,24,25). The summed E-state index contributed by atoms with van der Waals surface area (Å²) in [5, 5.41) is 7.73. The van der Waals surface area contributed by atoms with Crippen molar-refractivity contribution >= 4 is 23.5 Å². The lowest BCUT2D eigenvalue weighted by molar-refractivity contribution is -0.122. The van der Waals surface area contributed by atoms with Gasteiger partial charge in [-0.1, -0.05) is 25.1 Å². The molecule has 0 atom stereocenters. The Morgan fingerprint density at radius 3 is 2.24 bits per heavy atom. The molecule has 0 fully saturated rings. The SMILES string of the molecule is CCc1ccccc1NC(=O)CN(C)CC(=O)NC(=O)NC(C)(C)C. The number of benzene rings is 1. The summed E-state index contributed by atoms with van der Waals surface area (Å²) in [6.07, 6.45) is 0.817. The van der Waals surface area contributed by atoms with Gasteiger partial charge in [0.1, 0.15) is 0 Å². The van der Waals surface area contributed by atoms with Crippen LogP contribution in [0.25, 0.3) is 0 Å². The molecule has 0 spiro atoms. The van der Waals surface area contributed by atoms with Gasteiger partial charge < -0.3 is 10.6 Å². The maximum atomic E-state index is 12.1. The van der Waals surface area contributed by atoms with Gasteiger partial charge >= 0.3 is 6.03 Å². The van der Waals surface area contributed by atoms with Crippen LogP contribution < -0.4 is 16.0 Å². The minimum absolute atomic E-state index is 0.0480. The van der Waals surface area contributed by atoms with Crippen molar-refractivity contribution in [3.63, 3.8) is 0 Å². The first-order valence-corrected chi connectivity index (χ1v) is 8.29. The number of hydrogen-bond donors (Lipinski definition) is 3. The molecule has 1 aromatic rings. The Balaban J connectivity index is 2.45. The lowest BCUT2D eigenvalue weighted by Gasteiger charge is -2.21. The molecule has 0 radical (unpaired) electrons. The van der Waals surface area contributed by atoms with Gasteiger partial charge in [0.25, 0.3) is 0 Å². The van der Waals surface area contributed by atoms with E-state index in [4.69, 9.17) is 0 Å². The van der Waals surface area contributed by atoms with Gasteiger partial charge in [-0.25, -0.2) is 4.79 Å². The first kappa shape index (κ1) is 20.6. The largest absolute Gasteiger partial charge is 0.333 e. The van der Waals surface area contributed by atoms with E-state index in [-0.39, 0.29) is 19.0 Å². The molecule has 25 heavy (non-hydrogen) atoms. The number of rotatable bonds is 6. The molecule has 0 bridgehead atoms. The number of nitrogens with zero attached hydrogens (tertiary/aromatic N) is 1. The number of carbonyl (C=O) groups is 3. The van der Waals surface area contributed by atoms with E-state index in [0.29, 0.717) is 0 Å². The number of amides is 4. The van der Waals surface area contributed by atoms with Gasteiger partial charge in [-0.15, -0.1) is 0 Å². The third-order valence-electron chi connectivity index (χ3n) is 3.24. The van der Waals surface area contributed by atoms with Crippen molar-refractivity contribution in [1.82, 2.24) is 15.5 Å². The van der Waals surface area contributed by atoms with Crippen molar-refractivity contribution in [2.24, 2.45) is 0 Å². The molecule has 1 aromatic carbocycles. The monoisotopic (exact) mass is 348 g/mol. The van der Waals surface area contributed by atoms with E-state index in [2.05, 4.69) is 16.0 Å². The molecule has 7 nitrogen and oxygen atoms in total. The first-order chi connectivity index (χ1) is 11.6. The highest BCUT2D eigenvalue weighted by Crippen LogP contribution is 2.15. The number of hydrogen-bond acceptors (Lipinski definition) is 4. The zero-order valence-corrected chi connectivity index (χ0v) is 15.6. The summed E-state index contributed by atoms with van der Waals surface area (Å²) in [5.41, 5.74) is 1.40. The normalized spacial score (nSPS) is 11.1. The number of urea groups is 1. The van der Waals surface area contributed by atoms with Gasteiger partial charge in [0.15, 0.2) is 0 Å². The van der Waals surface area contributed by atoms with Crippen molar-refractivity contribution in [3.05, 3.63) is 29.8 Å². The summed E-state index contributed by atoms with van der Waals surface area (Å²) in [5.74, 6) is -0.679. The summed E-state index contributed by atoms with van der Waals surface area (Å²) < 4.78 is 0. The number of aryl methyl sites for hydroxylation is 1. The van der Waals surface area contributed by atoms with Crippen LogP contribution in [0.5, 0.6) is 0 Å². The van der Waals surface area contributed by atoms with Gasteiger partial charge in [0, 0.05) is 11.2 Å². The van der Waals surface area contributed by atoms with Crippen LogP contribution in [0.15, 0.2) is 24.3 Å². The third kappa shape index (κ3) is 8.30. The lowest BCUT2D eigenvalue weighted by Crippen LogP contribution is -2.50. The average molecular weight is 348 g/mol. The summed E-state index contributed by atoms with van der Waals surface area (Å²) in [7, 11) is 1.65. The minimum atomic E-state index is -0.549. The Hall–Kier alpha value is -2.41. The van der Waals surface area contributed by atoms with Crippen molar-refractivity contribution in [1.29, 1.82) is 0 Å². The molecule has 7 heteroatoms. The van der Waals surface area contributed by atoms with E-state index in [1.807, 2.05) is 52.0 Å². The number of carbonyl (C=O) groups excluding carboxylic acids is 3. The second kappa shape index (κ2) is 9.17. The smallest absolute Gasteiger partial charge is 0.321 e. The highest BCUT2D eigenvalue weighted by atomic mass is 16.2. The first-order valence-electron chi connectivity index (χ1n) is 8.29. The number of likely N-dealkylation sites (N-methyl/N-ethyl adjacent to an activating group) is 1. The number of para-hydroxylation sites is 1.